The van der Waals surface area contributed by atoms with Crippen molar-refractivity contribution in [3.8, 4) is 0 Å². The van der Waals surface area contributed by atoms with E-state index in [2.05, 4.69) is 15.5 Å². The van der Waals surface area contributed by atoms with Crippen LogP contribution < -0.4 is 10.6 Å². The average molecular weight is 260 g/mol. The van der Waals surface area contributed by atoms with E-state index in [4.69, 9.17) is 11.6 Å². The first-order chi connectivity index (χ1) is 8.19. The second-order valence-electron chi connectivity index (χ2n) is 4.71. The minimum Gasteiger partial charge on any atom is -0.333 e. The Labute approximate surface area is 106 Å². The molecule has 1 atom stereocenters. The van der Waals surface area contributed by atoms with Crippen LogP contribution in [0.4, 0.5) is 4.79 Å². The van der Waals surface area contributed by atoms with E-state index >= 15 is 0 Å². The molecule has 3 aliphatic heterocycles. The Hall–Kier alpha value is -0.810. The molecule has 3 aliphatic rings. The second kappa shape index (κ2) is 5.69. The molecular formula is C11H18ClN3O2. The molecular weight excluding hydrogens is 242 g/mol. The lowest BCUT2D eigenvalue weighted by Gasteiger charge is -2.44. The van der Waals surface area contributed by atoms with E-state index in [1.165, 1.54) is 0 Å². The molecule has 5 nitrogen and oxygen atoms in total. The van der Waals surface area contributed by atoms with Crippen molar-refractivity contribution in [1.82, 2.24) is 15.5 Å². The molecule has 2 N–H and O–H groups in total. The topological polar surface area (TPSA) is 61.4 Å². The number of rotatable bonds is 3. The smallest absolute Gasteiger partial charge is 0.321 e. The predicted molar refractivity (Wildman–Crippen MR) is 65.0 cm³/mol. The number of hydrogen-bond acceptors (Lipinski definition) is 3. The summed E-state index contributed by atoms with van der Waals surface area (Å²) in [6.07, 6.45) is 2.45. The number of fused-ring (bicyclic) bond motifs is 3. The van der Waals surface area contributed by atoms with E-state index in [0.29, 0.717) is 5.92 Å². The largest absolute Gasteiger partial charge is 0.333 e. The lowest BCUT2D eigenvalue weighted by Crippen LogP contribution is -2.59. The van der Waals surface area contributed by atoms with Crippen molar-refractivity contribution in [3.05, 3.63) is 0 Å². The summed E-state index contributed by atoms with van der Waals surface area (Å²) in [6, 6.07) is -0.208. The van der Waals surface area contributed by atoms with E-state index in [9.17, 15) is 9.59 Å². The van der Waals surface area contributed by atoms with E-state index in [1.54, 1.807) is 0 Å². The van der Waals surface area contributed by atoms with Crippen LogP contribution in [0.1, 0.15) is 19.3 Å². The molecule has 0 spiro atoms. The number of carbonyl (C=O) groups is 2. The molecule has 0 aliphatic carbocycles. The number of nitrogens with zero attached hydrogens (tertiary/aromatic N) is 1. The van der Waals surface area contributed by atoms with Gasteiger partial charge in [0.2, 0.25) is 5.91 Å². The van der Waals surface area contributed by atoms with Crippen molar-refractivity contribution in [2.45, 2.75) is 25.3 Å². The van der Waals surface area contributed by atoms with E-state index in [-0.39, 0.29) is 30.3 Å². The first-order valence-corrected chi connectivity index (χ1v) is 6.61. The molecule has 3 heterocycles. The van der Waals surface area contributed by atoms with Gasteiger partial charge in [-0.25, -0.2) is 4.79 Å². The molecule has 1 unspecified atom stereocenters. The van der Waals surface area contributed by atoms with Crippen molar-refractivity contribution < 1.29 is 9.59 Å². The summed E-state index contributed by atoms with van der Waals surface area (Å²) in [5, 5.41) is 5.18. The van der Waals surface area contributed by atoms with Gasteiger partial charge in [0, 0.05) is 24.9 Å². The first kappa shape index (κ1) is 12.6. The maximum absolute atomic E-state index is 11.6. The van der Waals surface area contributed by atoms with E-state index in [0.717, 1.165) is 32.5 Å². The Kier molecular flexibility index (Phi) is 4.23. The third-order valence-corrected chi connectivity index (χ3v) is 3.74. The average Bonchev–Trinajstić information content (AvgIpc) is 2.30. The van der Waals surface area contributed by atoms with E-state index in [1.807, 2.05) is 0 Å². The molecule has 0 saturated carbocycles. The van der Waals surface area contributed by atoms with Crippen molar-refractivity contribution in [1.29, 1.82) is 0 Å². The Morgan fingerprint density at radius 1 is 1.29 bits per heavy atom. The van der Waals surface area contributed by atoms with Gasteiger partial charge < -0.3 is 10.2 Å². The summed E-state index contributed by atoms with van der Waals surface area (Å²) in [6.45, 7) is 3.17. The molecule has 3 amide bonds. The van der Waals surface area contributed by atoms with Gasteiger partial charge in [-0.3, -0.25) is 10.1 Å². The van der Waals surface area contributed by atoms with Gasteiger partial charge in [-0.1, -0.05) is 0 Å². The fraction of sp³-hybridized carbons (Fsp3) is 0.818. The molecule has 6 heteroatoms. The van der Waals surface area contributed by atoms with Crippen LogP contribution in [0, 0.1) is 5.92 Å². The van der Waals surface area contributed by atoms with Gasteiger partial charge in [0.15, 0.2) is 0 Å². The number of piperidine rings is 3. The van der Waals surface area contributed by atoms with Crippen LogP contribution in [0.3, 0.4) is 0 Å². The molecule has 96 valence electrons. The zero-order chi connectivity index (χ0) is 12.3. The van der Waals surface area contributed by atoms with Gasteiger partial charge in [-0.15, -0.1) is 11.6 Å². The highest BCUT2D eigenvalue weighted by atomic mass is 35.5. The number of nitrogens with one attached hydrogen (secondary N) is 2. The molecule has 0 aromatic heterocycles. The first-order valence-electron chi connectivity index (χ1n) is 6.07. The quantitative estimate of drug-likeness (QED) is 0.727. The van der Waals surface area contributed by atoms with Crippen LogP contribution in [0.25, 0.3) is 0 Å². The van der Waals surface area contributed by atoms with Crippen LogP contribution in [-0.2, 0) is 4.79 Å². The Morgan fingerprint density at radius 2 is 2.00 bits per heavy atom. The highest BCUT2D eigenvalue weighted by Crippen LogP contribution is 2.27. The molecule has 17 heavy (non-hydrogen) atoms. The standard InChI is InChI=1S/C11H18ClN3O2/c12-4-1-10(16)14-11(17)13-9-7-15-5-2-8(9)3-6-15/h8-9H,1-7H2,(H2,13,14,16,17). The van der Waals surface area contributed by atoms with Gasteiger partial charge >= 0.3 is 6.03 Å². The minimum absolute atomic E-state index is 0.176. The van der Waals surface area contributed by atoms with Crippen molar-refractivity contribution in [2.24, 2.45) is 5.92 Å². The number of urea groups is 1. The summed E-state index contributed by atoms with van der Waals surface area (Å²) in [5.74, 6) is 0.478. The van der Waals surface area contributed by atoms with Gasteiger partial charge in [0.1, 0.15) is 0 Å². The number of halogens is 1. The SMILES string of the molecule is O=C(CCCl)NC(=O)NC1CN2CCC1CC2. The van der Waals surface area contributed by atoms with Crippen LogP contribution >= 0.6 is 11.6 Å². The van der Waals surface area contributed by atoms with Crippen molar-refractivity contribution in [3.63, 3.8) is 0 Å². The number of imide groups is 1. The normalized spacial score (nSPS) is 31.0. The third kappa shape index (κ3) is 3.33. The Balaban J connectivity index is 1.77. The zero-order valence-corrected chi connectivity index (χ0v) is 10.5. The highest BCUT2D eigenvalue weighted by molar-refractivity contribution is 6.19. The molecule has 2 bridgehead atoms. The number of carbonyl (C=O) groups excluding carboxylic acids is 2. The molecule has 3 saturated heterocycles. The Morgan fingerprint density at radius 3 is 2.53 bits per heavy atom. The summed E-state index contributed by atoms with van der Waals surface area (Å²) in [4.78, 5) is 25.1. The van der Waals surface area contributed by atoms with Crippen LogP contribution in [0.2, 0.25) is 0 Å². The molecule has 3 rings (SSSR count). The maximum Gasteiger partial charge on any atom is 0.321 e. The lowest BCUT2D eigenvalue weighted by atomic mass is 9.84. The summed E-state index contributed by atoms with van der Waals surface area (Å²) >= 11 is 5.42. The number of hydrogen-bond donors (Lipinski definition) is 2. The molecule has 0 aromatic carbocycles. The van der Waals surface area contributed by atoms with Crippen molar-refractivity contribution >= 4 is 23.5 Å². The monoisotopic (exact) mass is 259 g/mol. The predicted octanol–water partition coefficient (Wildman–Crippen LogP) is 0.535. The van der Waals surface area contributed by atoms with Gasteiger partial charge in [-0.05, 0) is 31.8 Å². The highest BCUT2D eigenvalue weighted by Gasteiger charge is 2.34. The van der Waals surface area contributed by atoms with Crippen molar-refractivity contribution in [2.75, 3.05) is 25.5 Å². The zero-order valence-electron chi connectivity index (χ0n) is 9.75. The van der Waals surface area contributed by atoms with Gasteiger partial charge in [0.25, 0.3) is 0 Å². The van der Waals surface area contributed by atoms with Crippen LogP contribution in [-0.4, -0.2) is 48.4 Å². The molecule has 3 fully saturated rings. The summed E-state index contributed by atoms with van der Waals surface area (Å²) in [5.41, 5.74) is 0. The lowest BCUT2D eigenvalue weighted by molar-refractivity contribution is -0.119. The fourth-order valence-corrected chi connectivity index (χ4v) is 2.78. The third-order valence-electron chi connectivity index (χ3n) is 3.55. The van der Waals surface area contributed by atoms with E-state index < -0.39 is 0 Å². The molecule has 0 aromatic rings. The summed E-state index contributed by atoms with van der Waals surface area (Å²) < 4.78 is 0. The summed E-state index contributed by atoms with van der Waals surface area (Å²) in [7, 11) is 0. The number of amides is 3. The van der Waals surface area contributed by atoms with Crippen LogP contribution in [0.5, 0.6) is 0 Å². The van der Waals surface area contributed by atoms with Gasteiger partial charge in [-0.2, -0.15) is 0 Å². The minimum atomic E-state index is -0.390. The number of alkyl halides is 1. The molecule has 0 radical (unpaired) electrons. The second-order valence-corrected chi connectivity index (χ2v) is 5.08. The Bertz CT molecular complexity index is 303. The maximum atomic E-state index is 11.6. The fourth-order valence-electron chi connectivity index (χ4n) is 2.61. The van der Waals surface area contributed by atoms with Crippen LogP contribution in [0.15, 0.2) is 0 Å². The van der Waals surface area contributed by atoms with Gasteiger partial charge in [0.05, 0.1) is 0 Å².